The Bertz CT molecular complexity index is 558. The van der Waals surface area contributed by atoms with E-state index in [9.17, 15) is 4.79 Å². The zero-order valence-corrected chi connectivity index (χ0v) is 11.1. The van der Waals surface area contributed by atoms with Gasteiger partial charge in [-0.2, -0.15) is 0 Å². The lowest BCUT2D eigenvalue weighted by molar-refractivity contribution is 0.0468. The van der Waals surface area contributed by atoms with Gasteiger partial charge in [-0.1, -0.05) is 0 Å². The molecule has 0 aliphatic carbocycles. The van der Waals surface area contributed by atoms with Gasteiger partial charge in [-0.3, -0.25) is 0 Å². The Morgan fingerprint density at radius 1 is 1.39 bits per heavy atom. The van der Waals surface area contributed by atoms with Crippen LogP contribution in [0, 0.1) is 13.8 Å². The van der Waals surface area contributed by atoms with Crippen LogP contribution in [0.2, 0.25) is 0 Å². The lowest BCUT2D eigenvalue weighted by Gasteiger charge is -2.05. The molecule has 0 amide bonds. The third-order valence-electron chi connectivity index (χ3n) is 2.35. The van der Waals surface area contributed by atoms with Gasteiger partial charge in [0.05, 0.1) is 16.3 Å². The SMILES string of the molecule is Cc1cc(N)cc(C(=O)OCc2csc(C)n2)c1. The van der Waals surface area contributed by atoms with Gasteiger partial charge >= 0.3 is 5.97 Å². The van der Waals surface area contributed by atoms with Crippen LogP contribution >= 0.6 is 11.3 Å². The van der Waals surface area contributed by atoms with Crippen molar-refractivity contribution in [2.75, 3.05) is 5.73 Å². The molecule has 0 saturated heterocycles. The highest BCUT2D eigenvalue weighted by molar-refractivity contribution is 7.09. The van der Waals surface area contributed by atoms with Crippen LogP contribution in [0.3, 0.4) is 0 Å². The Labute approximate surface area is 109 Å². The van der Waals surface area contributed by atoms with Gasteiger partial charge in [-0.15, -0.1) is 11.3 Å². The fourth-order valence-corrected chi connectivity index (χ4v) is 2.23. The smallest absolute Gasteiger partial charge is 0.338 e. The molecule has 0 aliphatic heterocycles. The lowest BCUT2D eigenvalue weighted by Crippen LogP contribution is -2.06. The number of rotatable bonds is 3. The molecule has 1 heterocycles. The molecule has 0 atom stereocenters. The summed E-state index contributed by atoms with van der Waals surface area (Å²) in [7, 11) is 0. The second-order valence-electron chi connectivity index (χ2n) is 4.07. The van der Waals surface area contributed by atoms with E-state index in [4.69, 9.17) is 10.5 Å². The Hall–Kier alpha value is -1.88. The van der Waals surface area contributed by atoms with E-state index in [2.05, 4.69) is 4.98 Å². The first-order valence-corrected chi connectivity index (χ1v) is 6.38. The zero-order valence-electron chi connectivity index (χ0n) is 10.3. The average molecular weight is 262 g/mol. The molecule has 0 unspecified atom stereocenters. The van der Waals surface area contributed by atoms with Gasteiger partial charge in [0.15, 0.2) is 0 Å². The number of carbonyl (C=O) groups excluding carboxylic acids is 1. The van der Waals surface area contributed by atoms with Crippen LogP contribution in [0.1, 0.15) is 26.6 Å². The molecule has 2 rings (SSSR count). The first-order chi connectivity index (χ1) is 8.54. The number of nitrogens with zero attached hydrogens (tertiary/aromatic N) is 1. The van der Waals surface area contributed by atoms with E-state index in [0.29, 0.717) is 11.3 Å². The topological polar surface area (TPSA) is 65.2 Å². The number of nitrogens with two attached hydrogens (primary N) is 1. The van der Waals surface area contributed by atoms with Crippen molar-refractivity contribution in [3.8, 4) is 0 Å². The number of nitrogen functional groups attached to an aromatic ring is 1. The van der Waals surface area contributed by atoms with Gasteiger partial charge in [0.2, 0.25) is 0 Å². The predicted octanol–water partition coefficient (Wildman–Crippen LogP) is 2.70. The minimum Gasteiger partial charge on any atom is -0.456 e. The Balaban J connectivity index is 2.03. The molecule has 4 nitrogen and oxygen atoms in total. The molecule has 0 fully saturated rings. The monoisotopic (exact) mass is 262 g/mol. The number of aryl methyl sites for hydroxylation is 2. The van der Waals surface area contributed by atoms with Crippen LogP contribution < -0.4 is 5.73 Å². The maximum Gasteiger partial charge on any atom is 0.338 e. The molecular formula is C13H14N2O2S. The van der Waals surface area contributed by atoms with E-state index < -0.39 is 0 Å². The second kappa shape index (κ2) is 5.18. The number of ether oxygens (including phenoxy) is 1. The van der Waals surface area contributed by atoms with Crippen LogP contribution in [0.4, 0.5) is 5.69 Å². The molecule has 0 aliphatic rings. The third kappa shape index (κ3) is 3.07. The highest BCUT2D eigenvalue weighted by atomic mass is 32.1. The average Bonchev–Trinajstić information content (AvgIpc) is 2.70. The first kappa shape index (κ1) is 12.6. The van der Waals surface area contributed by atoms with Crippen LogP contribution in [0.15, 0.2) is 23.6 Å². The number of esters is 1. The summed E-state index contributed by atoms with van der Waals surface area (Å²) < 4.78 is 5.19. The summed E-state index contributed by atoms with van der Waals surface area (Å²) in [6.45, 7) is 3.99. The van der Waals surface area contributed by atoms with Crippen LogP contribution in [-0.2, 0) is 11.3 Å². The van der Waals surface area contributed by atoms with Crippen molar-refractivity contribution in [1.82, 2.24) is 4.98 Å². The number of anilines is 1. The summed E-state index contributed by atoms with van der Waals surface area (Å²) in [5, 5.41) is 2.84. The molecule has 2 N–H and O–H groups in total. The van der Waals surface area contributed by atoms with Crippen LogP contribution in [0.25, 0.3) is 0 Å². The largest absolute Gasteiger partial charge is 0.456 e. The molecular weight excluding hydrogens is 248 g/mol. The summed E-state index contributed by atoms with van der Waals surface area (Å²) in [6, 6.07) is 5.17. The Morgan fingerprint density at radius 3 is 2.78 bits per heavy atom. The van der Waals surface area contributed by atoms with Crippen LogP contribution in [-0.4, -0.2) is 11.0 Å². The molecule has 0 radical (unpaired) electrons. The van der Waals surface area contributed by atoms with Gasteiger partial charge in [-0.05, 0) is 37.6 Å². The number of hydrogen-bond donors (Lipinski definition) is 1. The molecule has 0 spiro atoms. The summed E-state index contributed by atoms with van der Waals surface area (Å²) in [5.74, 6) is -0.379. The number of benzene rings is 1. The first-order valence-electron chi connectivity index (χ1n) is 5.50. The van der Waals surface area contributed by atoms with Crippen molar-refractivity contribution >= 4 is 23.0 Å². The van der Waals surface area contributed by atoms with Crippen molar-refractivity contribution in [2.24, 2.45) is 0 Å². The number of hydrogen-bond acceptors (Lipinski definition) is 5. The van der Waals surface area contributed by atoms with E-state index in [0.717, 1.165) is 16.3 Å². The molecule has 2 aromatic rings. The van der Waals surface area contributed by atoms with Gasteiger partial charge in [0.1, 0.15) is 6.61 Å². The molecule has 0 bridgehead atoms. The van der Waals surface area contributed by atoms with Crippen molar-refractivity contribution < 1.29 is 9.53 Å². The fourth-order valence-electron chi connectivity index (χ4n) is 1.63. The van der Waals surface area contributed by atoms with Crippen molar-refractivity contribution in [1.29, 1.82) is 0 Å². The quantitative estimate of drug-likeness (QED) is 0.682. The zero-order chi connectivity index (χ0) is 13.1. The van der Waals surface area contributed by atoms with Crippen molar-refractivity contribution in [3.63, 3.8) is 0 Å². The minimum absolute atomic E-state index is 0.191. The molecule has 18 heavy (non-hydrogen) atoms. The van der Waals surface area contributed by atoms with E-state index in [1.54, 1.807) is 18.2 Å². The van der Waals surface area contributed by atoms with E-state index in [-0.39, 0.29) is 12.6 Å². The van der Waals surface area contributed by atoms with Crippen molar-refractivity contribution in [2.45, 2.75) is 20.5 Å². The maximum absolute atomic E-state index is 11.8. The van der Waals surface area contributed by atoms with E-state index in [1.165, 1.54) is 11.3 Å². The van der Waals surface area contributed by atoms with Gasteiger partial charge in [0, 0.05) is 11.1 Å². The summed E-state index contributed by atoms with van der Waals surface area (Å²) in [5.41, 5.74) is 8.43. The number of thiazole rings is 1. The molecule has 0 saturated carbocycles. The summed E-state index contributed by atoms with van der Waals surface area (Å²) in [6.07, 6.45) is 0. The minimum atomic E-state index is -0.379. The highest BCUT2D eigenvalue weighted by Gasteiger charge is 2.09. The Morgan fingerprint density at radius 2 is 2.17 bits per heavy atom. The van der Waals surface area contributed by atoms with Gasteiger partial charge < -0.3 is 10.5 Å². The van der Waals surface area contributed by atoms with Crippen LogP contribution in [0.5, 0.6) is 0 Å². The highest BCUT2D eigenvalue weighted by Crippen LogP contribution is 2.14. The fraction of sp³-hybridized carbons (Fsp3) is 0.231. The summed E-state index contributed by atoms with van der Waals surface area (Å²) in [4.78, 5) is 16.1. The van der Waals surface area contributed by atoms with Gasteiger partial charge in [-0.25, -0.2) is 9.78 Å². The molecule has 5 heteroatoms. The number of carbonyl (C=O) groups is 1. The Kier molecular flexibility index (Phi) is 3.62. The summed E-state index contributed by atoms with van der Waals surface area (Å²) >= 11 is 1.53. The van der Waals surface area contributed by atoms with Gasteiger partial charge in [0.25, 0.3) is 0 Å². The molecule has 1 aromatic heterocycles. The third-order valence-corrected chi connectivity index (χ3v) is 3.18. The number of aromatic nitrogens is 1. The normalized spacial score (nSPS) is 10.3. The predicted molar refractivity (Wildman–Crippen MR) is 71.6 cm³/mol. The van der Waals surface area contributed by atoms with E-state index >= 15 is 0 Å². The standard InChI is InChI=1S/C13H14N2O2S/c1-8-3-10(5-11(14)4-8)13(16)17-6-12-7-18-9(2)15-12/h3-5,7H,6,14H2,1-2H3. The second-order valence-corrected chi connectivity index (χ2v) is 5.13. The lowest BCUT2D eigenvalue weighted by atomic mass is 10.1. The van der Waals surface area contributed by atoms with Crippen molar-refractivity contribution in [3.05, 3.63) is 45.4 Å². The maximum atomic E-state index is 11.8. The molecule has 1 aromatic carbocycles. The van der Waals surface area contributed by atoms with E-state index in [1.807, 2.05) is 19.2 Å². The molecule has 94 valence electrons.